The number of carbonyl (C=O) groups is 2. The van der Waals surface area contributed by atoms with Gasteiger partial charge in [0.1, 0.15) is 16.7 Å². The number of hydrogen-bond donors (Lipinski definition) is 3. The first-order valence-corrected chi connectivity index (χ1v) is 7.57. The molecule has 2 aliphatic heterocycles. The second-order valence-corrected chi connectivity index (χ2v) is 5.84. The van der Waals surface area contributed by atoms with E-state index in [-0.39, 0.29) is 11.5 Å². The molecule has 2 aromatic rings. The average Bonchev–Trinajstić information content (AvgIpc) is 2.87. The molecule has 1 atom stereocenters. The predicted octanol–water partition coefficient (Wildman–Crippen LogP) is 1.24. The molecule has 4 rings (SSSR count). The number of amides is 1. The van der Waals surface area contributed by atoms with Gasteiger partial charge in [0.2, 0.25) is 11.8 Å². The van der Waals surface area contributed by atoms with Crippen molar-refractivity contribution >= 4 is 23.3 Å². The summed E-state index contributed by atoms with van der Waals surface area (Å²) >= 11 is 0. The minimum absolute atomic E-state index is 0.0466. The summed E-state index contributed by atoms with van der Waals surface area (Å²) in [6.07, 6.45) is 0. The molecular formula is C18H15N3O4. The number of para-hydroxylation sites is 1. The zero-order valence-electron chi connectivity index (χ0n) is 13.3. The van der Waals surface area contributed by atoms with Gasteiger partial charge in [0.25, 0.3) is 0 Å². The minimum Gasteiger partial charge on any atom is -0.465 e. The average molecular weight is 337 g/mol. The van der Waals surface area contributed by atoms with Gasteiger partial charge in [0.05, 0.1) is 7.11 Å². The van der Waals surface area contributed by atoms with Crippen LogP contribution in [0.15, 0.2) is 53.9 Å². The van der Waals surface area contributed by atoms with Crippen LogP contribution in [0.25, 0.3) is 0 Å². The number of nitrogens with two attached hydrogens (primary N) is 2. The standard InChI is InChI=1S/C18H15N3O4/c1-24-16(22)14-15(20)25-13-8-9(19)6-7-11(13)18(14)10-4-2-3-5-12(10)21-17(18)23/h2-8H,19-20H2,1H3,(H,21,23). The van der Waals surface area contributed by atoms with E-state index < -0.39 is 17.3 Å². The molecule has 1 unspecified atom stereocenters. The second-order valence-electron chi connectivity index (χ2n) is 5.84. The lowest BCUT2D eigenvalue weighted by atomic mass is 9.68. The molecule has 1 spiro atoms. The molecular weight excluding hydrogens is 322 g/mol. The van der Waals surface area contributed by atoms with Crippen molar-refractivity contribution in [3.05, 3.63) is 65.0 Å². The molecule has 2 heterocycles. The van der Waals surface area contributed by atoms with Crippen LogP contribution in [0, 0.1) is 0 Å². The van der Waals surface area contributed by atoms with Crippen molar-refractivity contribution in [2.45, 2.75) is 5.41 Å². The first-order chi connectivity index (χ1) is 12.0. The summed E-state index contributed by atoms with van der Waals surface area (Å²) < 4.78 is 10.5. The molecule has 0 aliphatic carbocycles. The van der Waals surface area contributed by atoms with E-state index in [4.69, 9.17) is 20.9 Å². The third-order valence-corrected chi connectivity index (χ3v) is 4.56. The number of benzene rings is 2. The first kappa shape index (κ1) is 15.1. The third kappa shape index (κ3) is 1.80. The van der Waals surface area contributed by atoms with Gasteiger partial charge in [0.15, 0.2) is 0 Å². The molecule has 1 amide bonds. The predicted molar refractivity (Wildman–Crippen MR) is 90.6 cm³/mol. The second kappa shape index (κ2) is 5.01. The highest BCUT2D eigenvalue weighted by Gasteiger charge is 2.58. The van der Waals surface area contributed by atoms with Gasteiger partial charge in [-0.25, -0.2) is 4.79 Å². The maximum atomic E-state index is 13.1. The largest absolute Gasteiger partial charge is 0.465 e. The summed E-state index contributed by atoms with van der Waals surface area (Å²) in [6.45, 7) is 0. The molecule has 2 aromatic carbocycles. The number of anilines is 2. The maximum absolute atomic E-state index is 13.1. The number of methoxy groups -OCH3 is 1. The molecule has 0 fully saturated rings. The van der Waals surface area contributed by atoms with Crippen LogP contribution >= 0.6 is 0 Å². The summed E-state index contributed by atoms with van der Waals surface area (Å²) in [5.41, 5.74) is 12.5. The van der Waals surface area contributed by atoms with Gasteiger partial charge >= 0.3 is 5.97 Å². The number of esters is 1. The van der Waals surface area contributed by atoms with E-state index in [2.05, 4.69) is 5.32 Å². The maximum Gasteiger partial charge on any atom is 0.340 e. The van der Waals surface area contributed by atoms with E-state index in [9.17, 15) is 9.59 Å². The van der Waals surface area contributed by atoms with Crippen LogP contribution in [-0.2, 0) is 19.7 Å². The van der Waals surface area contributed by atoms with Crippen molar-refractivity contribution < 1.29 is 19.1 Å². The number of nitrogens with one attached hydrogen (secondary N) is 1. The van der Waals surface area contributed by atoms with Crippen molar-refractivity contribution in [3.63, 3.8) is 0 Å². The fourth-order valence-electron chi connectivity index (χ4n) is 3.55. The van der Waals surface area contributed by atoms with Gasteiger partial charge < -0.3 is 26.3 Å². The van der Waals surface area contributed by atoms with Crippen LogP contribution in [0.3, 0.4) is 0 Å². The van der Waals surface area contributed by atoms with Crippen LogP contribution in [0.5, 0.6) is 5.75 Å². The third-order valence-electron chi connectivity index (χ3n) is 4.56. The van der Waals surface area contributed by atoms with Crippen molar-refractivity contribution in [1.82, 2.24) is 0 Å². The van der Waals surface area contributed by atoms with E-state index in [1.54, 1.807) is 42.5 Å². The summed E-state index contributed by atoms with van der Waals surface area (Å²) in [6, 6.07) is 12.0. The number of ether oxygens (including phenoxy) is 2. The van der Waals surface area contributed by atoms with Gasteiger partial charge in [-0.05, 0) is 12.1 Å². The van der Waals surface area contributed by atoms with Crippen LogP contribution in [0.1, 0.15) is 11.1 Å². The molecule has 0 aromatic heterocycles. The van der Waals surface area contributed by atoms with Gasteiger partial charge in [-0.2, -0.15) is 0 Å². The van der Waals surface area contributed by atoms with Crippen molar-refractivity contribution in [2.75, 3.05) is 18.2 Å². The Morgan fingerprint density at radius 1 is 1.16 bits per heavy atom. The number of hydrogen-bond acceptors (Lipinski definition) is 6. The number of fused-ring (bicyclic) bond motifs is 4. The van der Waals surface area contributed by atoms with Crippen molar-refractivity contribution in [2.24, 2.45) is 5.73 Å². The zero-order valence-corrected chi connectivity index (χ0v) is 13.3. The minimum atomic E-state index is -1.45. The number of rotatable bonds is 1. The summed E-state index contributed by atoms with van der Waals surface area (Å²) in [4.78, 5) is 25.7. The molecule has 5 N–H and O–H groups in total. The molecule has 0 bridgehead atoms. The fourth-order valence-corrected chi connectivity index (χ4v) is 3.55. The fraction of sp³-hybridized carbons (Fsp3) is 0.111. The molecule has 7 heteroatoms. The Morgan fingerprint density at radius 2 is 1.92 bits per heavy atom. The Bertz CT molecular complexity index is 967. The Labute approximate surface area is 143 Å². The number of nitrogen functional groups attached to an aromatic ring is 1. The van der Waals surface area contributed by atoms with Gasteiger partial charge in [0, 0.05) is 28.6 Å². The molecule has 25 heavy (non-hydrogen) atoms. The first-order valence-electron chi connectivity index (χ1n) is 7.57. The van der Waals surface area contributed by atoms with Gasteiger partial charge in [-0.1, -0.05) is 24.3 Å². The lowest BCUT2D eigenvalue weighted by Gasteiger charge is -2.35. The van der Waals surface area contributed by atoms with Gasteiger partial charge in [-0.15, -0.1) is 0 Å². The summed E-state index contributed by atoms with van der Waals surface area (Å²) in [7, 11) is 1.23. The van der Waals surface area contributed by atoms with Crippen LogP contribution in [0.4, 0.5) is 11.4 Å². The molecule has 126 valence electrons. The topological polar surface area (TPSA) is 117 Å². The number of carbonyl (C=O) groups excluding carboxylic acids is 2. The summed E-state index contributed by atoms with van der Waals surface area (Å²) in [5.74, 6) is -0.980. The smallest absolute Gasteiger partial charge is 0.340 e. The molecule has 0 saturated carbocycles. The highest BCUT2D eigenvalue weighted by Crippen LogP contribution is 2.53. The monoisotopic (exact) mass is 337 g/mol. The SMILES string of the molecule is COC(=O)C1=C(N)Oc2cc(N)ccc2C12C(=O)Nc1ccccc12. The van der Waals surface area contributed by atoms with E-state index in [0.717, 1.165) is 0 Å². The van der Waals surface area contributed by atoms with E-state index in [1.165, 1.54) is 7.11 Å². The normalized spacial score (nSPS) is 20.6. The van der Waals surface area contributed by atoms with Crippen molar-refractivity contribution in [1.29, 1.82) is 0 Å². The molecule has 7 nitrogen and oxygen atoms in total. The van der Waals surface area contributed by atoms with Gasteiger partial charge in [-0.3, -0.25) is 4.79 Å². The molecule has 2 aliphatic rings. The highest BCUT2D eigenvalue weighted by molar-refractivity contribution is 6.17. The lowest BCUT2D eigenvalue weighted by molar-refractivity contribution is -0.138. The van der Waals surface area contributed by atoms with Crippen LogP contribution in [0.2, 0.25) is 0 Å². The van der Waals surface area contributed by atoms with E-state index in [0.29, 0.717) is 28.3 Å². The highest BCUT2D eigenvalue weighted by atomic mass is 16.5. The Morgan fingerprint density at radius 3 is 2.68 bits per heavy atom. The molecule has 0 radical (unpaired) electrons. The Hall–Kier alpha value is -3.48. The van der Waals surface area contributed by atoms with Crippen LogP contribution in [-0.4, -0.2) is 19.0 Å². The van der Waals surface area contributed by atoms with Crippen LogP contribution < -0.4 is 21.5 Å². The Kier molecular flexibility index (Phi) is 3.02. The van der Waals surface area contributed by atoms with E-state index in [1.807, 2.05) is 0 Å². The van der Waals surface area contributed by atoms with Crippen molar-refractivity contribution in [3.8, 4) is 5.75 Å². The zero-order chi connectivity index (χ0) is 17.8. The Balaban J connectivity index is 2.14. The lowest BCUT2D eigenvalue weighted by Crippen LogP contribution is -2.45. The summed E-state index contributed by atoms with van der Waals surface area (Å²) in [5, 5.41) is 2.82. The van der Waals surface area contributed by atoms with E-state index >= 15 is 0 Å². The molecule has 0 saturated heterocycles. The quantitative estimate of drug-likeness (QED) is 0.532.